The van der Waals surface area contributed by atoms with Gasteiger partial charge in [0.25, 0.3) is 11.8 Å². The molecule has 10 heteroatoms. The fraction of sp³-hybridized carbons (Fsp3) is 0.273. The highest BCUT2D eigenvalue weighted by atomic mass is 35.5. The van der Waals surface area contributed by atoms with Crippen LogP contribution in [-0.2, 0) is 33.4 Å². The number of amides is 4. The summed E-state index contributed by atoms with van der Waals surface area (Å²) < 4.78 is 30.2. The summed E-state index contributed by atoms with van der Waals surface area (Å²) in [6, 6.07) is 9.21. The van der Waals surface area contributed by atoms with Gasteiger partial charge in [-0.05, 0) is 35.7 Å². The summed E-state index contributed by atoms with van der Waals surface area (Å²) in [5, 5.41) is 4.86. The molecule has 2 N–H and O–H groups in total. The van der Waals surface area contributed by atoms with Crippen LogP contribution in [0.2, 0.25) is 5.02 Å². The predicted molar refractivity (Wildman–Crippen MR) is 110 cm³/mol. The summed E-state index contributed by atoms with van der Waals surface area (Å²) in [5.41, 5.74) is 0.00835. The molecule has 1 fully saturated rings. The molecule has 1 unspecified atom stereocenters. The Labute approximate surface area is 186 Å². The summed E-state index contributed by atoms with van der Waals surface area (Å²) in [5.74, 6) is -7.09. The van der Waals surface area contributed by atoms with Gasteiger partial charge in [0.15, 0.2) is 0 Å². The second-order valence-electron chi connectivity index (χ2n) is 7.62. The van der Waals surface area contributed by atoms with Crippen LogP contribution in [0, 0.1) is 0 Å². The van der Waals surface area contributed by atoms with Gasteiger partial charge in [0, 0.05) is 35.7 Å². The Morgan fingerprint density at radius 3 is 2.56 bits per heavy atom. The first-order chi connectivity index (χ1) is 15.2. The number of fused-ring (bicyclic) bond motifs is 1. The van der Waals surface area contributed by atoms with Crippen LogP contribution < -0.4 is 10.6 Å². The Morgan fingerprint density at radius 2 is 1.88 bits per heavy atom. The van der Waals surface area contributed by atoms with Crippen molar-refractivity contribution in [3.05, 3.63) is 69.7 Å². The quantitative estimate of drug-likeness (QED) is 0.669. The molecule has 0 aromatic heterocycles. The number of halogens is 3. The highest BCUT2D eigenvalue weighted by Crippen LogP contribution is 2.37. The van der Waals surface area contributed by atoms with Gasteiger partial charge in [-0.2, -0.15) is 8.78 Å². The van der Waals surface area contributed by atoms with Crippen LogP contribution in [0.5, 0.6) is 0 Å². The second-order valence-corrected chi connectivity index (χ2v) is 8.05. The maximum atomic E-state index is 15.1. The van der Waals surface area contributed by atoms with Gasteiger partial charge in [0.05, 0.1) is 0 Å². The Bertz CT molecular complexity index is 1120. The fourth-order valence-corrected chi connectivity index (χ4v) is 4.02. The van der Waals surface area contributed by atoms with E-state index in [-0.39, 0.29) is 37.1 Å². The average Bonchev–Trinajstić information content (AvgIpc) is 3.09. The van der Waals surface area contributed by atoms with Crippen LogP contribution in [0.3, 0.4) is 0 Å². The standard InChI is InChI=1S/C22H18ClF2N3O4/c23-13-6-4-12(5-7-13)10-26-21(32)22(24,25)16-3-1-2-14-15(16)11-28(20(14)31)17-8-9-18(29)27-19(17)30/h1-7,17H,8-11H2,(H,26,32)(H,27,29,30). The average molecular weight is 462 g/mol. The molecule has 2 aliphatic rings. The summed E-state index contributed by atoms with van der Waals surface area (Å²) in [6.07, 6.45) is 0.157. The van der Waals surface area contributed by atoms with Crippen LogP contribution in [0.1, 0.15) is 39.9 Å². The van der Waals surface area contributed by atoms with Crippen molar-refractivity contribution in [2.75, 3.05) is 0 Å². The summed E-state index contributed by atoms with van der Waals surface area (Å²) >= 11 is 5.80. The molecular formula is C22H18ClF2N3O4. The number of hydrogen-bond donors (Lipinski definition) is 2. The molecule has 1 saturated heterocycles. The molecule has 2 heterocycles. The van der Waals surface area contributed by atoms with E-state index < -0.39 is 41.2 Å². The van der Waals surface area contributed by atoms with Crippen LogP contribution >= 0.6 is 11.6 Å². The number of hydrogen-bond acceptors (Lipinski definition) is 4. The van der Waals surface area contributed by atoms with Gasteiger partial charge in [0.2, 0.25) is 11.8 Å². The van der Waals surface area contributed by atoms with Crippen molar-refractivity contribution in [3.8, 4) is 0 Å². The Balaban J connectivity index is 1.55. The van der Waals surface area contributed by atoms with E-state index in [1.807, 2.05) is 0 Å². The molecule has 0 bridgehead atoms. The molecule has 0 saturated carbocycles. The van der Waals surface area contributed by atoms with E-state index in [2.05, 4.69) is 10.6 Å². The highest BCUT2D eigenvalue weighted by Gasteiger charge is 2.47. The van der Waals surface area contributed by atoms with Crippen molar-refractivity contribution in [3.63, 3.8) is 0 Å². The Morgan fingerprint density at radius 1 is 1.16 bits per heavy atom. The van der Waals surface area contributed by atoms with Crippen molar-refractivity contribution in [2.24, 2.45) is 0 Å². The van der Waals surface area contributed by atoms with Crippen LogP contribution in [0.15, 0.2) is 42.5 Å². The van der Waals surface area contributed by atoms with Crippen molar-refractivity contribution in [2.45, 2.75) is 37.9 Å². The Hall–Kier alpha value is -3.33. The number of rotatable bonds is 5. The van der Waals surface area contributed by atoms with Gasteiger partial charge < -0.3 is 10.2 Å². The Kier molecular flexibility index (Phi) is 5.68. The molecule has 0 radical (unpaired) electrons. The van der Waals surface area contributed by atoms with E-state index in [9.17, 15) is 19.2 Å². The minimum atomic E-state index is -3.90. The van der Waals surface area contributed by atoms with Gasteiger partial charge in [0.1, 0.15) is 6.04 Å². The zero-order valence-electron chi connectivity index (χ0n) is 16.7. The molecule has 32 heavy (non-hydrogen) atoms. The molecule has 2 aliphatic heterocycles. The van der Waals surface area contributed by atoms with Crippen molar-refractivity contribution in [1.82, 2.24) is 15.5 Å². The minimum absolute atomic E-state index is 0.00570. The number of benzene rings is 2. The van der Waals surface area contributed by atoms with Gasteiger partial charge in [-0.3, -0.25) is 24.5 Å². The predicted octanol–water partition coefficient (Wildman–Crippen LogP) is 2.51. The summed E-state index contributed by atoms with van der Waals surface area (Å²) in [4.78, 5) is 49.9. The van der Waals surface area contributed by atoms with Gasteiger partial charge in [-0.1, -0.05) is 35.9 Å². The van der Waals surface area contributed by atoms with Crippen LogP contribution in [0.25, 0.3) is 0 Å². The van der Waals surface area contributed by atoms with E-state index in [0.717, 1.165) is 11.0 Å². The molecule has 0 aliphatic carbocycles. The highest BCUT2D eigenvalue weighted by molar-refractivity contribution is 6.30. The number of carbonyl (C=O) groups is 4. The maximum absolute atomic E-state index is 15.1. The van der Waals surface area contributed by atoms with Crippen molar-refractivity contribution >= 4 is 35.2 Å². The molecule has 4 rings (SSSR count). The minimum Gasteiger partial charge on any atom is -0.346 e. The van der Waals surface area contributed by atoms with Gasteiger partial charge in [-0.25, -0.2) is 0 Å². The third kappa shape index (κ3) is 3.95. The monoisotopic (exact) mass is 461 g/mol. The van der Waals surface area contributed by atoms with Crippen LogP contribution in [-0.4, -0.2) is 34.6 Å². The van der Waals surface area contributed by atoms with Crippen molar-refractivity contribution < 1.29 is 28.0 Å². The topological polar surface area (TPSA) is 95.6 Å². The number of imide groups is 1. The van der Waals surface area contributed by atoms with E-state index in [1.54, 1.807) is 24.3 Å². The molecule has 166 valence electrons. The first kappa shape index (κ1) is 21.9. The van der Waals surface area contributed by atoms with Crippen LogP contribution in [0.4, 0.5) is 8.78 Å². The number of alkyl halides is 2. The molecular weight excluding hydrogens is 444 g/mol. The maximum Gasteiger partial charge on any atom is 0.350 e. The number of nitrogens with zero attached hydrogens (tertiary/aromatic N) is 1. The lowest BCUT2D eigenvalue weighted by Gasteiger charge is -2.29. The molecule has 2 aromatic carbocycles. The number of nitrogens with one attached hydrogen (secondary N) is 2. The molecule has 0 spiro atoms. The zero-order chi connectivity index (χ0) is 23.0. The lowest BCUT2D eigenvalue weighted by atomic mass is 9.97. The van der Waals surface area contributed by atoms with E-state index >= 15 is 8.78 Å². The first-order valence-electron chi connectivity index (χ1n) is 9.86. The normalized spacial score (nSPS) is 18.4. The number of piperidine rings is 1. The SMILES string of the molecule is O=C1CCC(N2Cc3c(cccc3C(F)(F)C(=O)NCc3ccc(Cl)cc3)C2=O)C(=O)N1. The fourth-order valence-electron chi connectivity index (χ4n) is 3.90. The van der Waals surface area contributed by atoms with Gasteiger partial charge in [-0.15, -0.1) is 0 Å². The van der Waals surface area contributed by atoms with E-state index in [0.29, 0.717) is 10.6 Å². The lowest BCUT2D eigenvalue weighted by Crippen LogP contribution is -2.52. The second kappa shape index (κ2) is 8.31. The number of carbonyl (C=O) groups excluding carboxylic acids is 4. The summed E-state index contributed by atoms with van der Waals surface area (Å²) in [6.45, 7) is -0.376. The first-order valence-corrected chi connectivity index (χ1v) is 10.2. The third-order valence-corrected chi connectivity index (χ3v) is 5.82. The summed E-state index contributed by atoms with van der Waals surface area (Å²) in [7, 11) is 0. The largest absolute Gasteiger partial charge is 0.350 e. The van der Waals surface area contributed by atoms with Gasteiger partial charge >= 0.3 is 5.92 Å². The zero-order valence-corrected chi connectivity index (χ0v) is 17.4. The molecule has 4 amide bonds. The molecule has 2 aromatic rings. The van der Waals surface area contributed by atoms with Crippen molar-refractivity contribution in [1.29, 1.82) is 0 Å². The molecule has 7 nitrogen and oxygen atoms in total. The van der Waals surface area contributed by atoms with E-state index in [1.165, 1.54) is 12.1 Å². The van der Waals surface area contributed by atoms with E-state index in [4.69, 9.17) is 11.6 Å². The third-order valence-electron chi connectivity index (χ3n) is 5.57. The smallest absolute Gasteiger partial charge is 0.346 e. The lowest BCUT2D eigenvalue weighted by molar-refractivity contribution is -0.147. The molecule has 1 atom stereocenters.